The Kier molecular flexibility index (Phi) is 5.27. The van der Waals surface area contributed by atoms with Crippen molar-refractivity contribution in [2.45, 2.75) is 53.9 Å². The van der Waals surface area contributed by atoms with Gasteiger partial charge in [-0.1, -0.05) is 37.8 Å². The van der Waals surface area contributed by atoms with E-state index in [1.54, 1.807) is 5.57 Å². The van der Waals surface area contributed by atoms with Crippen molar-refractivity contribution in [2.75, 3.05) is 0 Å². The maximum Gasteiger partial charge on any atom is -0.0292 e. The van der Waals surface area contributed by atoms with Crippen molar-refractivity contribution >= 4 is 0 Å². The third kappa shape index (κ3) is 4.23. The summed E-state index contributed by atoms with van der Waals surface area (Å²) in [5, 5.41) is 0. The highest BCUT2D eigenvalue weighted by molar-refractivity contribution is 5.07. The highest BCUT2D eigenvalue weighted by Crippen LogP contribution is 2.19. The summed E-state index contributed by atoms with van der Waals surface area (Å²) in [4.78, 5) is 0. The second-order valence-corrected chi connectivity index (χ2v) is 3.67. The van der Waals surface area contributed by atoms with Gasteiger partial charge >= 0.3 is 0 Å². The van der Waals surface area contributed by atoms with Crippen LogP contribution in [0.3, 0.4) is 0 Å². The molecule has 0 atom stereocenters. The minimum Gasteiger partial charge on any atom is -0.0775 e. The SMILES string of the molecule is CCC(CC)CC(C)=C(C)C. The number of allylic oxidation sites excluding steroid dienone is 2. The Morgan fingerprint density at radius 3 is 1.73 bits per heavy atom. The minimum absolute atomic E-state index is 0.907. The van der Waals surface area contributed by atoms with Crippen molar-refractivity contribution in [1.29, 1.82) is 0 Å². The molecule has 0 nitrogen and oxygen atoms in total. The van der Waals surface area contributed by atoms with Crippen LogP contribution in [0, 0.1) is 5.92 Å². The van der Waals surface area contributed by atoms with Crippen LogP contribution in [0.15, 0.2) is 11.1 Å². The first kappa shape index (κ1) is 10.7. The summed E-state index contributed by atoms with van der Waals surface area (Å²) in [6, 6.07) is 0. The van der Waals surface area contributed by atoms with Gasteiger partial charge in [-0.05, 0) is 33.1 Å². The smallest absolute Gasteiger partial charge is 0.0292 e. The van der Waals surface area contributed by atoms with Gasteiger partial charge in [-0.3, -0.25) is 0 Å². The lowest BCUT2D eigenvalue weighted by Gasteiger charge is -2.13. The predicted molar refractivity (Wildman–Crippen MR) is 52.7 cm³/mol. The van der Waals surface area contributed by atoms with E-state index >= 15 is 0 Å². The molecule has 0 N–H and O–H groups in total. The molecule has 0 aromatic heterocycles. The standard InChI is InChI=1S/C11H22/c1-6-11(7-2)8-10(5)9(3)4/h11H,6-8H2,1-5H3. The van der Waals surface area contributed by atoms with E-state index in [0.29, 0.717) is 0 Å². The van der Waals surface area contributed by atoms with Crippen LogP contribution < -0.4 is 0 Å². The lowest BCUT2D eigenvalue weighted by atomic mass is 9.93. The van der Waals surface area contributed by atoms with E-state index in [-0.39, 0.29) is 0 Å². The first-order chi connectivity index (χ1) is 5.11. The fraction of sp³-hybridized carbons (Fsp3) is 0.818. The monoisotopic (exact) mass is 154 g/mol. The Bertz CT molecular complexity index is 123. The van der Waals surface area contributed by atoms with Gasteiger partial charge in [-0.15, -0.1) is 0 Å². The summed E-state index contributed by atoms with van der Waals surface area (Å²) < 4.78 is 0. The van der Waals surface area contributed by atoms with Crippen LogP contribution in [0.1, 0.15) is 53.9 Å². The Morgan fingerprint density at radius 1 is 1.00 bits per heavy atom. The van der Waals surface area contributed by atoms with Crippen LogP contribution in [0.25, 0.3) is 0 Å². The molecule has 0 unspecified atom stereocenters. The zero-order chi connectivity index (χ0) is 8.85. The first-order valence-corrected chi connectivity index (χ1v) is 4.74. The molecule has 0 rings (SSSR count). The highest BCUT2D eigenvalue weighted by atomic mass is 14.1. The molecule has 0 amide bonds. The average molecular weight is 154 g/mol. The Hall–Kier alpha value is -0.260. The molecule has 0 aromatic rings. The van der Waals surface area contributed by atoms with Gasteiger partial charge in [0, 0.05) is 0 Å². The topological polar surface area (TPSA) is 0 Å². The van der Waals surface area contributed by atoms with Gasteiger partial charge in [-0.25, -0.2) is 0 Å². The summed E-state index contributed by atoms with van der Waals surface area (Å²) in [5.41, 5.74) is 3.08. The van der Waals surface area contributed by atoms with Crippen molar-refractivity contribution in [1.82, 2.24) is 0 Å². The number of hydrogen-bond donors (Lipinski definition) is 0. The third-order valence-corrected chi connectivity index (χ3v) is 2.60. The molecule has 11 heavy (non-hydrogen) atoms. The normalized spacial score (nSPS) is 10.4. The molecular formula is C11H22. The zero-order valence-corrected chi connectivity index (χ0v) is 8.70. The van der Waals surface area contributed by atoms with Crippen LogP contribution in [0.2, 0.25) is 0 Å². The molecule has 0 aliphatic carbocycles. The number of hydrogen-bond acceptors (Lipinski definition) is 0. The van der Waals surface area contributed by atoms with Gasteiger partial charge in [0.2, 0.25) is 0 Å². The van der Waals surface area contributed by atoms with Crippen molar-refractivity contribution in [3.8, 4) is 0 Å². The molecule has 0 saturated heterocycles. The lowest BCUT2D eigenvalue weighted by Crippen LogP contribution is -1.97. The molecule has 0 spiro atoms. The second kappa shape index (κ2) is 5.40. The number of rotatable bonds is 4. The molecule has 0 heteroatoms. The molecule has 0 fully saturated rings. The van der Waals surface area contributed by atoms with Crippen molar-refractivity contribution < 1.29 is 0 Å². The maximum atomic E-state index is 2.28. The van der Waals surface area contributed by atoms with E-state index in [1.807, 2.05) is 0 Å². The summed E-state index contributed by atoms with van der Waals surface area (Å²) in [7, 11) is 0. The highest BCUT2D eigenvalue weighted by Gasteiger charge is 2.04. The van der Waals surface area contributed by atoms with E-state index in [4.69, 9.17) is 0 Å². The molecular weight excluding hydrogens is 132 g/mol. The van der Waals surface area contributed by atoms with Crippen LogP contribution in [-0.2, 0) is 0 Å². The van der Waals surface area contributed by atoms with Gasteiger partial charge in [0.1, 0.15) is 0 Å². The molecule has 0 radical (unpaired) electrons. The van der Waals surface area contributed by atoms with E-state index in [9.17, 15) is 0 Å². The van der Waals surface area contributed by atoms with E-state index in [2.05, 4.69) is 34.6 Å². The summed E-state index contributed by atoms with van der Waals surface area (Å²) >= 11 is 0. The summed E-state index contributed by atoms with van der Waals surface area (Å²) in [6.45, 7) is 11.2. The Balaban J connectivity index is 3.91. The Morgan fingerprint density at radius 2 is 1.45 bits per heavy atom. The summed E-state index contributed by atoms with van der Waals surface area (Å²) in [6.07, 6.45) is 3.94. The molecule has 0 aliphatic heterocycles. The van der Waals surface area contributed by atoms with Gasteiger partial charge in [0.05, 0.1) is 0 Å². The van der Waals surface area contributed by atoms with Crippen LogP contribution in [-0.4, -0.2) is 0 Å². The van der Waals surface area contributed by atoms with Crippen LogP contribution >= 0.6 is 0 Å². The lowest BCUT2D eigenvalue weighted by molar-refractivity contribution is 0.487. The second-order valence-electron chi connectivity index (χ2n) is 3.67. The van der Waals surface area contributed by atoms with Gasteiger partial charge in [0.25, 0.3) is 0 Å². The van der Waals surface area contributed by atoms with E-state index in [0.717, 1.165) is 5.92 Å². The third-order valence-electron chi connectivity index (χ3n) is 2.60. The molecule has 0 aromatic carbocycles. The maximum absolute atomic E-state index is 2.28. The largest absolute Gasteiger partial charge is 0.0775 e. The predicted octanol–water partition coefficient (Wildman–Crippen LogP) is 4.17. The molecule has 0 saturated carbocycles. The molecule has 66 valence electrons. The summed E-state index contributed by atoms with van der Waals surface area (Å²) in [5.74, 6) is 0.907. The van der Waals surface area contributed by atoms with Crippen molar-refractivity contribution in [3.63, 3.8) is 0 Å². The molecule has 0 aliphatic rings. The van der Waals surface area contributed by atoms with Crippen LogP contribution in [0.5, 0.6) is 0 Å². The van der Waals surface area contributed by atoms with E-state index < -0.39 is 0 Å². The molecule has 0 bridgehead atoms. The van der Waals surface area contributed by atoms with Gasteiger partial charge in [-0.2, -0.15) is 0 Å². The molecule has 0 heterocycles. The average Bonchev–Trinajstić information content (AvgIpc) is 1.99. The fourth-order valence-electron chi connectivity index (χ4n) is 1.21. The van der Waals surface area contributed by atoms with Crippen molar-refractivity contribution in [3.05, 3.63) is 11.1 Å². The van der Waals surface area contributed by atoms with E-state index in [1.165, 1.54) is 24.8 Å². The quantitative estimate of drug-likeness (QED) is 0.533. The van der Waals surface area contributed by atoms with Crippen LogP contribution in [0.4, 0.5) is 0 Å². The van der Waals surface area contributed by atoms with Gasteiger partial charge < -0.3 is 0 Å². The first-order valence-electron chi connectivity index (χ1n) is 4.74. The zero-order valence-electron chi connectivity index (χ0n) is 8.70. The van der Waals surface area contributed by atoms with Crippen molar-refractivity contribution in [2.24, 2.45) is 5.92 Å². The van der Waals surface area contributed by atoms with Gasteiger partial charge in [0.15, 0.2) is 0 Å². The minimum atomic E-state index is 0.907. The Labute approximate surface area is 71.7 Å². The fourth-order valence-corrected chi connectivity index (χ4v) is 1.21.